The second-order valence-corrected chi connectivity index (χ2v) is 7.34. The number of fused-ring (bicyclic) bond motifs is 1. The fourth-order valence-electron chi connectivity index (χ4n) is 3.86. The van der Waals surface area contributed by atoms with Gasteiger partial charge in [0.05, 0.1) is 19.8 Å². The Labute approximate surface area is 167 Å². The molecular formula is C25H27NO2. The van der Waals surface area contributed by atoms with Crippen LogP contribution in [0.3, 0.4) is 0 Å². The van der Waals surface area contributed by atoms with Gasteiger partial charge < -0.3 is 14.8 Å². The molecule has 0 aromatic heterocycles. The molecule has 0 saturated carbocycles. The fraction of sp³-hybridized carbons (Fsp3) is 0.280. The third kappa shape index (κ3) is 4.11. The second kappa shape index (κ2) is 8.59. The Morgan fingerprint density at radius 2 is 1.82 bits per heavy atom. The summed E-state index contributed by atoms with van der Waals surface area (Å²) in [5, 5.41) is 3.57. The van der Waals surface area contributed by atoms with Gasteiger partial charge in [-0.2, -0.15) is 0 Å². The maximum atomic E-state index is 6.05. The van der Waals surface area contributed by atoms with Gasteiger partial charge in [0.15, 0.2) is 0 Å². The maximum Gasteiger partial charge on any atom is 0.124 e. The molecular weight excluding hydrogens is 346 g/mol. The Morgan fingerprint density at radius 1 is 1.00 bits per heavy atom. The lowest BCUT2D eigenvalue weighted by atomic mass is 9.96. The fourth-order valence-corrected chi connectivity index (χ4v) is 3.86. The first-order valence-corrected chi connectivity index (χ1v) is 9.88. The van der Waals surface area contributed by atoms with Gasteiger partial charge in [0.25, 0.3) is 0 Å². The maximum absolute atomic E-state index is 6.05. The first kappa shape index (κ1) is 18.7. The molecule has 3 heteroatoms. The molecule has 1 atom stereocenters. The molecule has 144 valence electrons. The SMILES string of the molecule is COc1cccc2c1C(CNCc1cccc(-c3ccc(C)cc3)c1)OCC2. The second-order valence-electron chi connectivity index (χ2n) is 7.34. The number of benzene rings is 3. The monoisotopic (exact) mass is 373 g/mol. The number of hydrogen-bond donors (Lipinski definition) is 1. The summed E-state index contributed by atoms with van der Waals surface area (Å²) >= 11 is 0. The van der Waals surface area contributed by atoms with E-state index in [1.54, 1.807) is 7.11 Å². The largest absolute Gasteiger partial charge is 0.496 e. The summed E-state index contributed by atoms with van der Waals surface area (Å²) in [7, 11) is 1.73. The number of hydrogen-bond acceptors (Lipinski definition) is 3. The van der Waals surface area contributed by atoms with Crippen LogP contribution in [0.1, 0.15) is 28.4 Å². The third-order valence-electron chi connectivity index (χ3n) is 5.36. The topological polar surface area (TPSA) is 30.5 Å². The van der Waals surface area contributed by atoms with E-state index in [-0.39, 0.29) is 6.10 Å². The molecule has 0 amide bonds. The molecule has 0 bridgehead atoms. The van der Waals surface area contributed by atoms with Crippen LogP contribution in [0.15, 0.2) is 66.7 Å². The van der Waals surface area contributed by atoms with E-state index in [1.807, 2.05) is 6.07 Å². The highest BCUT2D eigenvalue weighted by Gasteiger charge is 2.24. The van der Waals surface area contributed by atoms with Crippen LogP contribution in [0.5, 0.6) is 5.75 Å². The van der Waals surface area contributed by atoms with Crippen molar-refractivity contribution in [3.05, 3.63) is 89.0 Å². The Kier molecular flexibility index (Phi) is 5.75. The first-order chi connectivity index (χ1) is 13.7. The Morgan fingerprint density at radius 3 is 2.64 bits per heavy atom. The first-order valence-electron chi connectivity index (χ1n) is 9.88. The average Bonchev–Trinajstić information content (AvgIpc) is 2.74. The van der Waals surface area contributed by atoms with Gasteiger partial charge in [0.1, 0.15) is 5.75 Å². The number of nitrogens with one attached hydrogen (secondary N) is 1. The zero-order chi connectivity index (χ0) is 19.3. The zero-order valence-electron chi connectivity index (χ0n) is 16.6. The van der Waals surface area contributed by atoms with Crippen LogP contribution in [-0.2, 0) is 17.7 Å². The molecule has 1 heterocycles. The summed E-state index contributed by atoms with van der Waals surface area (Å²) in [5.74, 6) is 0.922. The molecule has 0 aliphatic carbocycles. The van der Waals surface area contributed by atoms with Crippen molar-refractivity contribution in [3.8, 4) is 16.9 Å². The minimum absolute atomic E-state index is 0.0279. The van der Waals surface area contributed by atoms with Crippen LogP contribution in [0.2, 0.25) is 0 Å². The minimum atomic E-state index is 0.0279. The average molecular weight is 373 g/mol. The van der Waals surface area contributed by atoms with Gasteiger partial charge in [-0.25, -0.2) is 0 Å². The molecule has 3 aromatic carbocycles. The van der Waals surface area contributed by atoms with E-state index in [4.69, 9.17) is 9.47 Å². The highest BCUT2D eigenvalue weighted by atomic mass is 16.5. The van der Waals surface area contributed by atoms with Crippen molar-refractivity contribution in [2.45, 2.75) is 26.0 Å². The molecule has 0 fully saturated rings. The lowest BCUT2D eigenvalue weighted by Crippen LogP contribution is -2.27. The van der Waals surface area contributed by atoms with Crippen molar-refractivity contribution in [1.82, 2.24) is 5.32 Å². The smallest absolute Gasteiger partial charge is 0.124 e. The van der Waals surface area contributed by atoms with E-state index in [0.29, 0.717) is 0 Å². The molecule has 4 rings (SSSR count). The lowest BCUT2D eigenvalue weighted by molar-refractivity contribution is 0.0404. The van der Waals surface area contributed by atoms with Gasteiger partial charge in [-0.3, -0.25) is 0 Å². The van der Waals surface area contributed by atoms with E-state index in [0.717, 1.165) is 31.9 Å². The van der Waals surface area contributed by atoms with Crippen molar-refractivity contribution in [2.75, 3.05) is 20.3 Å². The molecule has 1 unspecified atom stereocenters. The van der Waals surface area contributed by atoms with Crippen molar-refractivity contribution >= 4 is 0 Å². The van der Waals surface area contributed by atoms with Crippen molar-refractivity contribution in [3.63, 3.8) is 0 Å². The molecule has 3 nitrogen and oxygen atoms in total. The summed E-state index contributed by atoms with van der Waals surface area (Å²) in [6, 6.07) is 23.7. The highest BCUT2D eigenvalue weighted by molar-refractivity contribution is 5.64. The van der Waals surface area contributed by atoms with Crippen LogP contribution >= 0.6 is 0 Å². The lowest BCUT2D eigenvalue weighted by Gasteiger charge is -2.28. The van der Waals surface area contributed by atoms with Crippen LogP contribution < -0.4 is 10.1 Å². The highest BCUT2D eigenvalue weighted by Crippen LogP contribution is 2.34. The Balaban J connectivity index is 1.43. The van der Waals surface area contributed by atoms with Gasteiger partial charge in [-0.05, 0) is 47.7 Å². The number of aryl methyl sites for hydroxylation is 1. The van der Waals surface area contributed by atoms with Gasteiger partial charge in [0, 0.05) is 18.7 Å². The van der Waals surface area contributed by atoms with Crippen LogP contribution in [0, 0.1) is 6.92 Å². The minimum Gasteiger partial charge on any atom is -0.496 e. The Bertz CT molecular complexity index is 919. The van der Waals surface area contributed by atoms with E-state index in [2.05, 4.69) is 72.9 Å². The van der Waals surface area contributed by atoms with Crippen LogP contribution in [0.25, 0.3) is 11.1 Å². The van der Waals surface area contributed by atoms with Gasteiger partial charge in [-0.15, -0.1) is 0 Å². The van der Waals surface area contributed by atoms with Gasteiger partial charge >= 0.3 is 0 Å². The molecule has 0 spiro atoms. The summed E-state index contributed by atoms with van der Waals surface area (Å²) < 4.78 is 11.6. The molecule has 0 saturated heterocycles. The molecule has 28 heavy (non-hydrogen) atoms. The molecule has 3 aromatic rings. The zero-order valence-corrected chi connectivity index (χ0v) is 16.6. The summed E-state index contributed by atoms with van der Waals surface area (Å²) in [5.41, 5.74) is 7.58. The standard InChI is InChI=1S/C25H27NO2/c1-18-9-11-20(12-10-18)22-7-3-5-19(15-22)16-26-17-24-25-21(13-14-28-24)6-4-8-23(25)27-2/h3-12,15,24,26H,13-14,16-17H2,1-2H3. The van der Waals surface area contributed by atoms with Gasteiger partial charge in [-0.1, -0.05) is 60.2 Å². The molecule has 0 radical (unpaired) electrons. The predicted octanol–water partition coefficient (Wildman–Crippen LogP) is 5.07. The van der Waals surface area contributed by atoms with Crippen molar-refractivity contribution in [2.24, 2.45) is 0 Å². The number of methoxy groups -OCH3 is 1. The Hall–Kier alpha value is -2.62. The molecule has 1 N–H and O–H groups in total. The third-order valence-corrected chi connectivity index (χ3v) is 5.36. The quantitative estimate of drug-likeness (QED) is 0.654. The van der Waals surface area contributed by atoms with Crippen LogP contribution in [0.4, 0.5) is 0 Å². The van der Waals surface area contributed by atoms with E-state index in [1.165, 1.54) is 33.4 Å². The van der Waals surface area contributed by atoms with E-state index < -0.39 is 0 Å². The van der Waals surface area contributed by atoms with E-state index in [9.17, 15) is 0 Å². The molecule has 1 aliphatic rings. The molecule has 1 aliphatic heterocycles. The van der Waals surface area contributed by atoms with E-state index >= 15 is 0 Å². The number of ether oxygens (including phenoxy) is 2. The predicted molar refractivity (Wildman–Crippen MR) is 114 cm³/mol. The summed E-state index contributed by atoms with van der Waals surface area (Å²) in [4.78, 5) is 0. The number of rotatable bonds is 6. The van der Waals surface area contributed by atoms with Crippen molar-refractivity contribution < 1.29 is 9.47 Å². The summed E-state index contributed by atoms with van der Waals surface area (Å²) in [6.07, 6.45) is 0.974. The summed E-state index contributed by atoms with van der Waals surface area (Å²) in [6.45, 7) is 4.45. The van der Waals surface area contributed by atoms with Crippen molar-refractivity contribution in [1.29, 1.82) is 0 Å². The van der Waals surface area contributed by atoms with Crippen LogP contribution in [-0.4, -0.2) is 20.3 Å². The normalized spacial score (nSPS) is 15.9. The van der Waals surface area contributed by atoms with Gasteiger partial charge in [0.2, 0.25) is 0 Å².